The minimum Gasteiger partial charge on any atom is -0.482 e. The van der Waals surface area contributed by atoms with Crippen LogP contribution < -0.4 is 10.1 Å². The lowest BCUT2D eigenvalue weighted by molar-refractivity contribution is -0.149. The first-order chi connectivity index (χ1) is 12.0. The van der Waals surface area contributed by atoms with Crippen LogP contribution in [-0.2, 0) is 20.7 Å². The number of carbonyl (C=O) groups is 2. The first-order valence-electron chi connectivity index (χ1n) is 8.23. The van der Waals surface area contributed by atoms with E-state index < -0.39 is 5.97 Å². The Morgan fingerprint density at radius 1 is 1.04 bits per heavy atom. The highest BCUT2D eigenvalue weighted by atomic mass is 16.6. The maximum Gasteiger partial charge on any atom is 0.344 e. The highest BCUT2D eigenvalue weighted by molar-refractivity contribution is 5.93. The Hall–Kier alpha value is -2.82. The average Bonchev–Trinajstić information content (AvgIpc) is 2.61. The third-order valence-corrected chi connectivity index (χ3v) is 3.73. The van der Waals surface area contributed by atoms with Crippen LogP contribution in [0.1, 0.15) is 23.6 Å². The smallest absolute Gasteiger partial charge is 0.344 e. The van der Waals surface area contributed by atoms with Crippen molar-refractivity contribution >= 4 is 17.6 Å². The molecule has 0 heterocycles. The van der Waals surface area contributed by atoms with Crippen molar-refractivity contribution in [3.05, 3.63) is 59.2 Å². The van der Waals surface area contributed by atoms with Gasteiger partial charge < -0.3 is 14.8 Å². The third kappa shape index (κ3) is 5.64. The molecule has 5 heteroatoms. The summed E-state index contributed by atoms with van der Waals surface area (Å²) in [6, 6.07) is 13.3. The van der Waals surface area contributed by atoms with Gasteiger partial charge in [0, 0.05) is 5.69 Å². The van der Waals surface area contributed by atoms with Crippen LogP contribution in [0.3, 0.4) is 0 Å². The number of para-hydroxylation sites is 1. The predicted molar refractivity (Wildman–Crippen MR) is 96.8 cm³/mol. The molecule has 0 radical (unpaired) electrons. The summed E-state index contributed by atoms with van der Waals surface area (Å²) >= 11 is 0. The summed E-state index contributed by atoms with van der Waals surface area (Å²) in [5.74, 6) is -0.320. The number of rotatable bonds is 7. The van der Waals surface area contributed by atoms with Crippen molar-refractivity contribution in [1.82, 2.24) is 0 Å². The summed E-state index contributed by atoms with van der Waals surface area (Å²) in [6.45, 7) is 5.29. The minimum atomic E-state index is -0.583. The molecule has 0 aromatic heterocycles. The number of ether oxygens (including phenoxy) is 2. The number of hydrogen-bond donors (Lipinski definition) is 1. The largest absolute Gasteiger partial charge is 0.482 e. The molecule has 1 amide bonds. The van der Waals surface area contributed by atoms with Crippen molar-refractivity contribution in [2.45, 2.75) is 27.2 Å². The summed E-state index contributed by atoms with van der Waals surface area (Å²) in [5.41, 5.74) is 3.74. The Labute approximate surface area is 148 Å². The van der Waals surface area contributed by atoms with E-state index in [0.717, 1.165) is 28.8 Å². The van der Waals surface area contributed by atoms with Crippen LogP contribution in [0.5, 0.6) is 5.75 Å². The monoisotopic (exact) mass is 341 g/mol. The van der Waals surface area contributed by atoms with Crippen LogP contribution in [0.25, 0.3) is 0 Å². The van der Waals surface area contributed by atoms with Gasteiger partial charge in [0.25, 0.3) is 5.91 Å². The van der Waals surface area contributed by atoms with E-state index in [9.17, 15) is 9.59 Å². The molecule has 1 N–H and O–H groups in total. The van der Waals surface area contributed by atoms with Crippen LogP contribution in [0, 0.1) is 13.8 Å². The summed E-state index contributed by atoms with van der Waals surface area (Å²) in [6.07, 6.45) is 0.805. The van der Waals surface area contributed by atoms with Crippen LogP contribution in [0.15, 0.2) is 42.5 Å². The second-order valence-electron chi connectivity index (χ2n) is 5.78. The number of anilines is 1. The van der Waals surface area contributed by atoms with Crippen molar-refractivity contribution in [2.24, 2.45) is 0 Å². The summed E-state index contributed by atoms with van der Waals surface area (Å²) in [7, 11) is 0. The molecule has 0 unspecified atom stereocenters. The Morgan fingerprint density at radius 3 is 2.56 bits per heavy atom. The number of esters is 1. The van der Waals surface area contributed by atoms with Gasteiger partial charge in [-0.25, -0.2) is 4.79 Å². The zero-order valence-electron chi connectivity index (χ0n) is 14.8. The second-order valence-corrected chi connectivity index (χ2v) is 5.78. The van der Waals surface area contributed by atoms with Gasteiger partial charge in [-0.15, -0.1) is 0 Å². The molecule has 25 heavy (non-hydrogen) atoms. The highest BCUT2D eigenvalue weighted by Crippen LogP contribution is 2.19. The minimum absolute atomic E-state index is 0.233. The molecule has 0 fully saturated rings. The number of nitrogens with one attached hydrogen (secondary N) is 1. The Balaban J connectivity index is 1.79. The molecule has 0 aliphatic rings. The van der Waals surface area contributed by atoms with E-state index in [0.29, 0.717) is 5.75 Å². The van der Waals surface area contributed by atoms with E-state index in [1.165, 1.54) is 0 Å². The number of amides is 1. The first kappa shape index (κ1) is 18.5. The van der Waals surface area contributed by atoms with E-state index in [1.54, 1.807) is 0 Å². The van der Waals surface area contributed by atoms with Crippen molar-refractivity contribution in [3.8, 4) is 5.75 Å². The molecule has 5 nitrogen and oxygen atoms in total. The first-order valence-corrected chi connectivity index (χ1v) is 8.23. The fourth-order valence-corrected chi connectivity index (χ4v) is 2.32. The van der Waals surface area contributed by atoms with E-state index in [2.05, 4.69) is 5.32 Å². The van der Waals surface area contributed by atoms with Gasteiger partial charge in [0.2, 0.25) is 0 Å². The summed E-state index contributed by atoms with van der Waals surface area (Å²) in [4.78, 5) is 23.7. The molecule has 0 atom stereocenters. The van der Waals surface area contributed by atoms with Crippen LogP contribution in [0.2, 0.25) is 0 Å². The number of carbonyl (C=O) groups excluding carboxylic acids is 2. The SMILES string of the molecule is CCc1ccccc1NC(=O)COC(=O)COc1cc(C)ccc1C. The molecule has 0 spiro atoms. The summed E-state index contributed by atoms with van der Waals surface area (Å²) < 4.78 is 10.4. The lowest BCUT2D eigenvalue weighted by Crippen LogP contribution is -2.24. The second kappa shape index (κ2) is 8.87. The molecule has 2 aromatic carbocycles. The zero-order valence-corrected chi connectivity index (χ0v) is 14.8. The molecule has 2 aromatic rings. The van der Waals surface area contributed by atoms with Crippen molar-refractivity contribution in [1.29, 1.82) is 0 Å². The van der Waals surface area contributed by atoms with Crippen molar-refractivity contribution in [2.75, 3.05) is 18.5 Å². The molecule has 0 bridgehead atoms. The molecular weight excluding hydrogens is 318 g/mol. The lowest BCUT2D eigenvalue weighted by Gasteiger charge is -2.11. The van der Waals surface area contributed by atoms with Gasteiger partial charge in [0.05, 0.1) is 0 Å². The van der Waals surface area contributed by atoms with Crippen molar-refractivity contribution < 1.29 is 19.1 Å². The number of aryl methyl sites for hydroxylation is 3. The van der Waals surface area contributed by atoms with E-state index in [1.807, 2.05) is 63.2 Å². The fourth-order valence-electron chi connectivity index (χ4n) is 2.32. The van der Waals surface area contributed by atoms with Gasteiger partial charge in [-0.3, -0.25) is 4.79 Å². The van der Waals surface area contributed by atoms with E-state index >= 15 is 0 Å². The van der Waals surface area contributed by atoms with Gasteiger partial charge in [-0.05, 0) is 49.1 Å². The standard InChI is InChI=1S/C20H23NO4/c1-4-16-7-5-6-8-17(16)21-19(22)12-25-20(23)13-24-18-11-14(2)9-10-15(18)3/h5-11H,4,12-13H2,1-3H3,(H,21,22). The maximum atomic E-state index is 11.9. The number of benzene rings is 2. The average molecular weight is 341 g/mol. The lowest BCUT2D eigenvalue weighted by atomic mass is 10.1. The maximum absolute atomic E-state index is 11.9. The summed E-state index contributed by atoms with van der Waals surface area (Å²) in [5, 5.41) is 2.75. The number of hydrogen-bond acceptors (Lipinski definition) is 4. The van der Waals surface area contributed by atoms with Crippen molar-refractivity contribution in [3.63, 3.8) is 0 Å². The van der Waals surface area contributed by atoms with Gasteiger partial charge in [-0.2, -0.15) is 0 Å². The molecule has 2 rings (SSSR count). The molecule has 0 aliphatic heterocycles. The zero-order chi connectivity index (χ0) is 18.2. The van der Waals surface area contributed by atoms with Gasteiger partial charge in [0.15, 0.2) is 13.2 Å². The topological polar surface area (TPSA) is 64.6 Å². The Kier molecular flexibility index (Phi) is 6.57. The third-order valence-electron chi connectivity index (χ3n) is 3.73. The van der Waals surface area contributed by atoms with E-state index in [4.69, 9.17) is 9.47 Å². The highest BCUT2D eigenvalue weighted by Gasteiger charge is 2.11. The molecule has 0 saturated heterocycles. The van der Waals surface area contributed by atoms with E-state index in [-0.39, 0.29) is 19.1 Å². The van der Waals surface area contributed by atoms with Gasteiger partial charge in [-0.1, -0.05) is 37.3 Å². The quantitative estimate of drug-likeness (QED) is 0.784. The Morgan fingerprint density at radius 2 is 1.80 bits per heavy atom. The normalized spacial score (nSPS) is 10.2. The van der Waals surface area contributed by atoms with Crippen LogP contribution in [0.4, 0.5) is 5.69 Å². The Bertz CT molecular complexity index is 755. The van der Waals surface area contributed by atoms with Crippen LogP contribution >= 0.6 is 0 Å². The van der Waals surface area contributed by atoms with Crippen LogP contribution in [-0.4, -0.2) is 25.1 Å². The molecular formula is C20H23NO4. The molecule has 132 valence electrons. The predicted octanol–water partition coefficient (Wildman–Crippen LogP) is 3.43. The molecule has 0 saturated carbocycles. The van der Waals surface area contributed by atoms with Gasteiger partial charge in [0.1, 0.15) is 5.75 Å². The van der Waals surface area contributed by atoms with Gasteiger partial charge >= 0.3 is 5.97 Å². The molecule has 0 aliphatic carbocycles. The fraction of sp³-hybridized carbons (Fsp3) is 0.300.